The van der Waals surface area contributed by atoms with Gasteiger partial charge in [0.1, 0.15) is 5.60 Å². The van der Waals surface area contributed by atoms with Crippen molar-refractivity contribution in [2.24, 2.45) is 5.92 Å². The second-order valence-corrected chi connectivity index (χ2v) is 6.18. The molecule has 110 valence electrons. The molecule has 3 heterocycles. The number of nitrogens with zero attached hydrogens (tertiary/aromatic N) is 3. The molecule has 0 unspecified atom stereocenters. The minimum absolute atomic E-state index is 0.191. The Morgan fingerprint density at radius 3 is 2.85 bits per heavy atom. The van der Waals surface area contributed by atoms with Gasteiger partial charge in [-0.15, -0.1) is 0 Å². The van der Waals surface area contributed by atoms with Crippen LogP contribution in [0.1, 0.15) is 32.6 Å². The van der Waals surface area contributed by atoms with Crippen LogP contribution in [0.15, 0.2) is 18.7 Å². The van der Waals surface area contributed by atoms with Crippen LogP contribution in [0.3, 0.4) is 0 Å². The number of ether oxygens (including phenoxy) is 1. The van der Waals surface area contributed by atoms with E-state index in [1.165, 1.54) is 0 Å². The van der Waals surface area contributed by atoms with Crippen molar-refractivity contribution in [2.75, 3.05) is 19.7 Å². The molecule has 0 aromatic carbocycles. The van der Waals surface area contributed by atoms with Gasteiger partial charge in [0.2, 0.25) is 0 Å². The number of hydrogen-bond acceptors (Lipinski definition) is 3. The maximum absolute atomic E-state index is 12.5. The second-order valence-electron chi connectivity index (χ2n) is 6.18. The largest absolute Gasteiger partial charge is 0.365 e. The Bertz CT molecular complexity index is 444. The quantitative estimate of drug-likeness (QED) is 0.844. The average Bonchev–Trinajstić information content (AvgIpc) is 3.11. The normalized spacial score (nSPS) is 27.9. The van der Waals surface area contributed by atoms with E-state index in [1.54, 1.807) is 0 Å². The summed E-state index contributed by atoms with van der Waals surface area (Å²) in [4.78, 5) is 18.6. The fourth-order valence-corrected chi connectivity index (χ4v) is 3.29. The van der Waals surface area contributed by atoms with Crippen LogP contribution in [0.2, 0.25) is 0 Å². The SMILES string of the molecule is C[C@@]1(C(=O)N2CCC(Cn3ccnc3)CC2)CCCO1. The summed E-state index contributed by atoms with van der Waals surface area (Å²) in [5.74, 6) is 0.835. The highest BCUT2D eigenvalue weighted by molar-refractivity contribution is 5.85. The van der Waals surface area contributed by atoms with Gasteiger partial charge in [0, 0.05) is 38.6 Å². The van der Waals surface area contributed by atoms with Crippen LogP contribution >= 0.6 is 0 Å². The van der Waals surface area contributed by atoms with Crippen molar-refractivity contribution in [3.63, 3.8) is 0 Å². The van der Waals surface area contributed by atoms with Crippen LogP contribution in [0.25, 0.3) is 0 Å². The number of amides is 1. The molecule has 2 aliphatic rings. The van der Waals surface area contributed by atoms with E-state index < -0.39 is 5.60 Å². The van der Waals surface area contributed by atoms with Crippen LogP contribution in [0.5, 0.6) is 0 Å². The summed E-state index contributed by atoms with van der Waals surface area (Å²) < 4.78 is 7.79. The van der Waals surface area contributed by atoms with Gasteiger partial charge in [-0.25, -0.2) is 4.98 Å². The maximum atomic E-state index is 12.5. The number of carbonyl (C=O) groups is 1. The number of hydrogen-bond donors (Lipinski definition) is 0. The van der Waals surface area contributed by atoms with Crippen molar-refractivity contribution in [3.05, 3.63) is 18.7 Å². The molecule has 20 heavy (non-hydrogen) atoms. The molecule has 0 spiro atoms. The van der Waals surface area contributed by atoms with Crippen LogP contribution in [-0.2, 0) is 16.1 Å². The Hall–Kier alpha value is -1.36. The minimum Gasteiger partial charge on any atom is -0.365 e. The topological polar surface area (TPSA) is 47.4 Å². The molecule has 0 N–H and O–H groups in total. The number of imidazole rings is 1. The molecule has 0 radical (unpaired) electrons. The molecule has 3 rings (SSSR count). The lowest BCUT2D eigenvalue weighted by molar-refractivity contribution is -0.152. The third kappa shape index (κ3) is 2.73. The fourth-order valence-electron chi connectivity index (χ4n) is 3.29. The highest BCUT2D eigenvalue weighted by atomic mass is 16.5. The van der Waals surface area contributed by atoms with Gasteiger partial charge in [-0.2, -0.15) is 0 Å². The third-order valence-corrected chi connectivity index (χ3v) is 4.60. The smallest absolute Gasteiger partial charge is 0.254 e. The molecule has 2 aliphatic heterocycles. The molecule has 1 atom stereocenters. The van der Waals surface area contributed by atoms with Gasteiger partial charge in [0.05, 0.1) is 6.33 Å². The Labute approximate surface area is 119 Å². The van der Waals surface area contributed by atoms with Gasteiger partial charge < -0.3 is 14.2 Å². The van der Waals surface area contributed by atoms with Crippen LogP contribution in [-0.4, -0.2) is 45.7 Å². The zero-order chi connectivity index (χ0) is 14.0. The van der Waals surface area contributed by atoms with E-state index in [2.05, 4.69) is 9.55 Å². The molecule has 0 saturated carbocycles. The summed E-state index contributed by atoms with van der Waals surface area (Å²) in [5.41, 5.74) is -0.558. The highest BCUT2D eigenvalue weighted by Gasteiger charge is 2.41. The third-order valence-electron chi connectivity index (χ3n) is 4.60. The van der Waals surface area contributed by atoms with Crippen LogP contribution < -0.4 is 0 Å². The molecular weight excluding hydrogens is 254 g/mol. The number of likely N-dealkylation sites (tertiary alicyclic amines) is 1. The van der Waals surface area contributed by atoms with E-state index in [4.69, 9.17) is 4.74 Å². The van der Waals surface area contributed by atoms with Crippen molar-refractivity contribution < 1.29 is 9.53 Å². The fraction of sp³-hybridized carbons (Fsp3) is 0.733. The Morgan fingerprint density at radius 2 is 2.25 bits per heavy atom. The monoisotopic (exact) mass is 277 g/mol. The van der Waals surface area contributed by atoms with Crippen molar-refractivity contribution in [2.45, 2.75) is 44.8 Å². The van der Waals surface area contributed by atoms with Gasteiger partial charge in [-0.1, -0.05) is 0 Å². The lowest BCUT2D eigenvalue weighted by atomic mass is 9.94. The molecule has 2 fully saturated rings. The second kappa shape index (κ2) is 5.56. The molecule has 5 nitrogen and oxygen atoms in total. The van der Waals surface area contributed by atoms with Crippen molar-refractivity contribution in [3.8, 4) is 0 Å². The number of piperidine rings is 1. The van der Waals surface area contributed by atoms with E-state index in [1.807, 2.05) is 30.5 Å². The van der Waals surface area contributed by atoms with E-state index >= 15 is 0 Å². The number of rotatable bonds is 3. The summed E-state index contributed by atoms with van der Waals surface area (Å²) in [6.07, 6.45) is 9.69. The molecule has 1 aromatic heterocycles. The molecule has 1 amide bonds. The molecular formula is C15H23N3O2. The first-order valence-electron chi connectivity index (χ1n) is 7.56. The average molecular weight is 277 g/mol. The predicted molar refractivity (Wildman–Crippen MR) is 75.1 cm³/mol. The lowest BCUT2D eigenvalue weighted by Gasteiger charge is -2.36. The van der Waals surface area contributed by atoms with E-state index in [0.29, 0.717) is 5.92 Å². The van der Waals surface area contributed by atoms with Crippen LogP contribution in [0, 0.1) is 5.92 Å². The van der Waals surface area contributed by atoms with E-state index in [-0.39, 0.29) is 5.91 Å². The van der Waals surface area contributed by atoms with Crippen molar-refractivity contribution in [1.82, 2.24) is 14.5 Å². The lowest BCUT2D eigenvalue weighted by Crippen LogP contribution is -2.49. The Morgan fingerprint density at radius 1 is 1.45 bits per heavy atom. The van der Waals surface area contributed by atoms with Gasteiger partial charge >= 0.3 is 0 Å². The first-order valence-corrected chi connectivity index (χ1v) is 7.56. The predicted octanol–water partition coefficient (Wildman–Crippen LogP) is 1.69. The number of aromatic nitrogens is 2. The molecule has 0 bridgehead atoms. The summed E-state index contributed by atoms with van der Waals surface area (Å²) in [6, 6.07) is 0. The van der Waals surface area contributed by atoms with Crippen LogP contribution in [0.4, 0.5) is 0 Å². The highest BCUT2D eigenvalue weighted by Crippen LogP contribution is 2.29. The zero-order valence-corrected chi connectivity index (χ0v) is 12.1. The molecule has 1 aromatic rings. The van der Waals surface area contributed by atoms with Gasteiger partial charge in [0.25, 0.3) is 5.91 Å². The molecule has 5 heteroatoms. The minimum atomic E-state index is -0.558. The van der Waals surface area contributed by atoms with Crippen molar-refractivity contribution >= 4 is 5.91 Å². The Balaban J connectivity index is 1.52. The summed E-state index contributed by atoms with van der Waals surface area (Å²) in [6.45, 7) is 5.39. The summed E-state index contributed by atoms with van der Waals surface area (Å²) >= 11 is 0. The van der Waals surface area contributed by atoms with E-state index in [9.17, 15) is 4.79 Å². The maximum Gasteiger partial charge on any atom is 0.254 e. The number of carbonyl (C=O) groups excluding carboxylic acids is 1. The van der Waals surface area contributed by atoms with Crippen molar-refractivity contribution in [1.29, 1.82) is 0 Å². The first-order chi connectivity index (χ1) is 9.67. The van der Waals surface area contributed by atoms with Gasteiger partial charge in [0.15, 0.2) is 0 Å². The Kier molecular flexibility index (Phi) is 3.78. The summed E-state index contributed by atoms with van der Waals surface area (Å²) in [5, 5.41) is 0. The van der Waals surface area contributed by atoms with E-state index in [0.717, 1.165) is 51.9 Å². The first kappa shape index (κ1) is 13.6. The van der Waals surface area contributed by atoms with Gasteiger partial charge in [-0.05, 0) is 38.5 Å². The molecule has 0 aliphatic carbocycles. The molecule has 2 saturated heterocycles. The van der Waals surface area contributed by atoms with Gasteiger partial charge in [-0.3, -0.25) is 4.79 Å². The standard InChI is InChI=1S/C15H23N3O2/c1-15(5-2-10-20-15)14(19)18-7-3-13(4-8-18)11-17-9-6-16-12-17/h6,9,12-13H,2-5,7-8,10-11H2,1H3/t15-/m0/s1. The summed E-state index contributed by atoms with van der Waals surface area (Å²) in [7, 11) is 0. The zero-order valence-electron chi connectivity index (χ0n) is 12.1.